The van der Waals surface area contributed by atoms with Crippen molar-refractivity contribution in [1.82, 2.24) is 14.5 Å². The summed E-state index contributed by atoms with van der Waals surface area (Å²) in [4.78, 5) is 10.7. The van der Waals surface area contributed by atoms with E-state index in [2.05, 4.69) is 187 Å². The van der Waals surface area contributed by atoms with Gasteiger partial charge in [-0.3, -0.25) is 0 Å². The third-order valence-corrected chi connectivity index (χ3v) is 12.4. The van der Waals surface area contributed by atoms with Crippen LogP contribution in [-0.2, 0) is 0 Å². The van der Waals surface area contributed by atoms with E-state index in [0.717, 1.165) is 88.6 Å². The van der Waals surface area contributed by atoms with Crippen LogP contribution in [0.1, 0.15) is 0 Å². The average molecular weight is 806 g/mol. The molecule has 0 unspecified atom stereocenters. The van der Waals surface area contributed by atoms with Crippen molar-refractivity contribution in [2.45, 2.75) is 0 Å². The normalized spacial score (nSPS) is 11.8. The van der Waals surface area contributed by atoms with Gasteiger partial charge < -0.3 is 13.4 Å². The molecule has 0 aliphatic carbocycles. The molecule has 0 spiro atoms. The summed E-state index contributed by atoms with van der Waals surface area (Å²) in [5.74, 6) is 0.624. The minimum atomic E-state index is 0.624. The number of hydrogen-bond donors (Lipinski definition) is 0. The topological polar surface area (TPSA) is 57.0 Å². The van der Waals surface area contributed by atoms with Crippen LogP contribution in [0, 0.1) is 0 Å². The second-order valence-electron chi connectivity index (χ2n) is 16.1. The fourth-order valence-corrected chi connectivity index (χ4v) is 9.42. The lowest BCUT2D eigenvalue weighted by Gasteiger charge is -2.09. The Balaban J connectivity index is 1.01. The molecular weight excluding hydrogens is 771 g/mol. The molecule has 0 fully saturated rings. The average Bonchev–Trinajstić information content (AvgIpc) is 4.03. The van der Waals surface area contributed by atoms with Crippen LogP contribution < -0.4 is 0 Å². The quantitative estimate of drug-likeness (QED) is 0.168. The highest BCUT2D eigenvalue weighted by Gasteiger charge is 2.23. The second-order valence-corrected chi connectivity index (χ2v) is 16.1. The zero-order valence-corrected chi connectivity index (χ0v) is 33.9. The van der Waals surface area contributed by atoms with Crippen molar-refractivity contribution in [1.29, 1.82) is 0 Å². The predicted molar refractivity (Wildman–Crippen MR) is 258 cm³/mol. The lowest BCUT2D eigenvalue weighted by molar-refractivity contribution is 0.667. The van der Waals surface area contributed by atoms with Crippen LogP contribution in [0.25, 0.3) is 128 Å². The Morgan fingerprint density at radius 3 is 1.67 bits per heavy atom. The summed E-state index contributed by atoms with van der Waals surface area (Å²) in [7, 11) is 0. The van der Waals surface area contributed by atoms with Gasteiger partial charge in [-0.1, -0.05) is 152 Å². The van der Waals surface area contributed by atoms with Crippen LogP contribution in [0.15, 0.2) is 221 Å². The first-order valence-electron chi connectivity index (χ1n) is 21.2. The summed E-state index contributed by atoms with van der Waals surface area (Å²) >= 11 is 0. The number of aromatic nitrogens is 3. The third kappa shape index (κ3) is 5.71. The first-order valence-corrected chi connectivity index (χ1v) is 21.2. The Kier molecular flexibility index (Phi) is 7.84. The van der Waals surface area contributed by atoms with Gasteiger partial charge in [-0.25, -0.2) is 9.97 Å². The number of benzene rings is 9. The molecule has 0 atom stereocenters. The molecule has 13 aromatic rings. The fourth-order valence-electron chi connectivity index (χ4n) is 9.42. The van der Waals surface area contributed by atoms with Gasteiger partial charge in [0.1, 0.15) is 28.0 Å². The van der Waals surface area contributed by atoms with Crippen LogP contribution in [0.4, 0.5) is 0 Å². The molecule has 5 heteroatoms. The van der Waals surface area contributed by atoms with Crippen LogP contribution in [0.3, 0.4) is 0 Å². The van der Waals surface area contributed by atoms with Gasteiger partial charge in [0.15, 0.2) is 11.4 Å². The summed E-state index contributed by atoms with van der Waals surface area (Å²) in [6.45, 7) is 0. The van der Waals surface area contributed by atoms with Gasteiger partial charge in [-0.05, 0) is 94.0 Å². The standard InChI is InChI=1S/C58H35N3O2/c1-4-13-36(14-5-1)38-23-25-39(26-24-38)58-59-55(57-56(60-58)48-35-40(28-32-52(48)63-57)37-15-6-2-7-16-37)45-20-12-22-53-54(45)47-34-42(29-31-51(47)62-53)41-27-30-50-46(33-41)44-19-10-11-21-49(44)61(50)43-17-8-3-9-18-43/h1-35H. The van der Waals surface area contributed by atoms with E-state index in [1.54, 1.807) is 0 Å². The molecule has 0 saturated heterocycles. The maximum absolute atomic E-state index is 6.78. The molecule has 0 N–H and O–H groups in total. The molecule has 4 aromatic heterocycles. The molecule has 0 aliphatic rings. The van der Waals surface area contributed by atoms with E-state index in [4.69, 9.17) is 18.8 Å². The van der Waals surface area contributed by atoms with Crippen LogP contribution in [-0.4, -0.2) is 14.5 Å². The second kappa shape index (κ2) is 14.0. The van der Waals surface area contributed by atoms with Gasteiger partial charge >= 0.3 is 0 Å². The smallest absolute Gasteiger partial charge is 0.180 e. The van der Waals surface area contributed by atoms with Crippen molar-refractivity contribution < 1.29 is 8.83 Å². The molecule has 4 heterocycles. The number of rotatable bonds is 6. The molecule has 0 aliphatic heterocycles. The van der Waals surface area contributed by atoms with E-state index < -0.39 is 0 Å². The number of hydrogen-bond acceptors (Lipinski definition) is 4. The Labute approximate surface area is 361 Å². The minimum absolute atomic E-state index is 0.624. The molecule has 0 bridgehead atoms. The highest BCUT2D eigenvalue weighted by atomic mass is 16.3. The van der Waals surface area contributed by atoms with Crippen molar-refractivity contribution in [3.63, 3.8) is 0 Å². The maximum Gasteiger partial charge on any atom is 0.180 e. The van der Waals surface area contributed by atoms with Crippen molar-refractivity contribution in [2.75, 3.05) is 0 Å². The molecular formula is C58H35N3O2. The van der Waals surface area contributed by atoms with E-state index in [9.17, 15) is 0 Å². The van der Waals surface area contributed by atoms with E-state index in [1.165, 1.54) is 21.8 Å². The lowest BCUT2D eigenvalue weighted by Crippen LogP contribution is -1.94. The summed E-state index contributed by atoms with van der Waals surface area (Å²) in [6.07, 6.45) is 0. The highest BCUT2D eigenvalue weighted by Crippen LogP contribution is 2.44. The van der Waals surface area contributed by atoms with E-state index >= 15 is 0 Å². The Hall–Kier alpha value is -8.54. The van der Waals surface area contributed by atoms with Gasteiger partial charge in [-0.15, -0.1) is 0 Å². The first kappa shape index (κ1) is 35.2. The first-order chi connectivity index (χ1) is 31.2. The summed E-state index contributed by atoms with van der Waals surface area (Å²) in [6, 6.07) is 74.4. The minimum Gasteiger partial charge on any atom is -0.456 e. The van der Waals surface area contributed by atoms with Gasteiger partial charge in [0.05, 0.1) is 11.0 Å². The summed E-state index contributed by atoms with van der Waals surface area (Å²) in [5.41, 5.74) is 16.5. The molecule has 0 radical (unpaired) electrons. The Morgan fingerprint density at radius 1 is 0.349 bits per heavy atom. The number of nitrogens with zero attached hydrogens (tertiary/aromatic N) is 3. The van der Waals surface area contributed by atoms with Crippen LogP contribution in [0.2, 0.25) is 0 Å². The number of fused-ring (bicyclic) bond motifs is 9. The molecule has 9 aromatic carbocycles. The number of furan rings is 2. The van der Waals surface area contributed by atoms with Gasteiger partial charge in [0.2, 0.25) is 0 Å². The zero-order valence-electron chi connectivity index (χ0n) is 33.9. The number of para-hydroxylation sites is 2. The van der Waals surface area contributed by atoms with Crippen LogP contribution >= 0.6 is 0 Å². The molecule has 13 rings (SSSR count). The van der Waals surface area contributed by atoms with Crippen molar-refractivity contribution in [2.24, 2.45) is 0 Å². The third-order valence-electron chi connectivity index (χ3n) is 12.4. The van der Waals surface area contributed by atoms with Gasteiger partial charge in [-0.2, -0.15) is 0 Å². The monoisotopic (exact) mass is 805 g/mol. The molecule has 0 amide bonds. The molecule has 63 heavy (non-hydrogen) atoms. The predicted octanol–water partition coefficient (Wildman–Crippen LogP) is 15.7. The molecule has 0 saturated carbocycles. The van der Waals surface area contributed by atoms with Crippen LogP contribution in [0.5, 0.6) is 0 Å². The van der Waals surface area contributed by atoms with E-state index in [-0.39, 0.29) is 0 Å². The van der Waals surface area contributed by atoms with Gasteiger partial charge in [0, 0.05) is 43.7 Å². The summed E-state index contributed by atoms with van der Waals surface area (Å²) in [5, 5.41) is 5.35. The molecule has 5 nitrogen and oxygen atoms in total. The Bertz CT molecular complexity index is 3880. The van der Waals surface area contributed by atoms with E-state index in [0.29, 0.717) is 17.1 Å². The molecule has 294 valence electrons. The largest absolute Gasteiger partial charge is 0.456 e. The highest BCUT2D eigenvalue weighted by molar-refractivity contribution is 6.17. The summed E-state index contributed by atoms with van der Waals surface area (Å²) < 4.78 is 15.7. The maximum atomic E-state index is 6.78. The van der Waals surface area contributed by atoms with Crippen molar-refractivity contribution in [3.05, 3.63) is 212 Å². The van der Waals surface area contributed by atoms with Crippen molar-refractivity contribution in [3.8, 4) is 61.7 Å². The van der Waals surface area contributed by atoms with E-state index in [1.807, 2.05) is 30.3 Å². The zero-order chi connectivity index (χ0) is 41.4. The SMILES string of the molecule is c1ccc(-c2ccc(-c3nc(-c4cccc5oc6ccc(-c7ccc8c(c7)c7ccccc7n8-c7ccccc7)cc6c45)c4oc5ccc(-c6ccccc6)cc5c4n3)cc2)cc1. The van der Waals surface area contributed by atoms with Gasteiger partial charge in [0.25, 0.3) is 0 Å². The Morgan fingerprint density at radius 2 is 0.905 bits per heavy atom. The van der Waals surface area contributed by atoms with Crippen molar-refractivity contribution >= 4 is 65.8 Å². The lowest BCUT2D eigenvalue weighted by atomic mass is 9.98. The fraction of sp³-hybridized carbons (Fsp3) is 0.